The Morgan fingerprint density at radius 2 is 1.86 bits per heavy atom. The van der Waals surface area contributed by atoms with E-state index >= 15 is 0 Å². The highest BCUT2D eigenvalue weighted by Crippen LogP contribution is 1.82. The van der Waals surface area contributed by atoms with Crippen molar-refractivity contribution in [2.75, 3.05) is 39.5 Å². The molecule has 14 heavy (non-hydrogen) atoms. The minimum absolute atomic E-state index is 0.416. The van der Waals surface area contributed by atoms with Crippen LogP contribution in [0.15, 0.2) is 0 Å². The van der Waals surface area contributed by atoms with E-state index in [1.54, 1.807) is 0 Å². The predicted molar refractivity (Wildman–Crippen MR) is 51.3 cm³/mol. The molecule has 0 radical (unpaired) electrons. The van der Waals surface area contributed by atoms with Gasteiger partial charge in [-0.05, 0) is 6.42 Å². The fraction of sp³-hybridized carbons (Fsp3) is 0.875. The molecule has 0 aliphatic carbocycles. The summed E-state index contributed by atoms with van der Waals surface area (Å²) in [5, 5.41) is 10.5. The second kappa shape index (κ2) is 10.2. The van der Waals surface area contributed by atoms with Gasteiger partial charge in [-0.1, -0.05) is 0 Å². The highest BCUT2D eigenvalue weighted by molar-refractivity contribution is 5.64. The van der Waals surface area contributed by atoms with E-state index in [9.17, 15) is 4.79 Å². The summed E-state index contributed by atoms with van der Waals surface area (Å²) < 4.78 is 10.2. The molecule has 0 aliphatic heterocycles. The number of ether oxygens (including phenoxy) is 2. The largest absolute Gasteiger partial charge is 0.465 e. The average molecular weight is 206 g/mol. The smallest absolute Gasteiger partial charge is 0.404 e. The molecular formula is C8H18N2O4. The van der Waals surface area contributed by atoms with Crippen molar-refractivity contribution in [2.24, 2.45) is 5.73 Å². The summed E-state index contributed by atoms with van der Waals surface area (Å²) in [6.45, 7) is 3.06. The summed E-state index contributed by atoms with van der Waals surface area (Å²) in [5.74, 6) is 0. The molecule has 6 heteroatoms. The lowest BCUT2D eigenvalue weighted by Crippen LogP contribution is -2.23. The van der Waals surface area contributed by atoms with Gasteiger partial charge in [-0.3, -0.25) is 0 Å². The van der Waals surface area contributed by atoms with Crippen LogP contribution in [0.25, 0.3) is 0 Å². The second-order valence-corrected chi connectivity index (χ2v) is 2.60. The molecule has 0 saturated heterocycles. The van der Waals surface area contributed by atoms with Crippen LogP contribution in [0.3, 0.4) is 0 Å². The molecule has 0 rings (SSSR count). The fourth-order valence-corrected chi connectivity index (χ4v) is 0.775. The summed E-state index contributed by atoms with van der Waals surface area (Å²) in [5.41, 5.74) is 5.21. The van der Waals surface area contributed by atoms with Crippen LogP contribution in [0.5, 0.6) is 0 Å². The van der Waals surface area contributed by atoms with Crippen LogP contribution in [0.4, 0.5) is 4.79 Å². The minimum Gasteiger partial charge on any atom is -0.465 e. The molecule has 84 valence electrons. The quantitative estimate of drug-likeness (QED) is 0.448. The summed E-state index contributed by atoms with van der Waals surface area (Å²) in [4.78, 5) is 10.0. The summed E-state index contributed by atoms with van der Waals surface area (Å²) in [7, 11) is 0. The number of hydrogen-bond acceptors (Lipinski definition) is 4. The van der Waals surface area contributed by atoms with Crippen LogP contribution >= 0.6 is 0 Å². The molecule has 0 aromatic heterocycles. The van der Waals surface area contributed by atoms with Crippen molar-refractivity contribution < 1.29 is 19.4 Å². The predicted octanol–water partition coefficient (Wildman–Crippen LogP) is -0.364. The van der Waals surface area contributed by atoms with E-state index in [1.165, 1.54) is 0 Å². The van der Waals surface area contributed by atoms with Gasteiger partial charge in [0.25, 0.3) is 0 Å². The molecule has 0 saturated carbocycles. The number of rotatable bonds is 9. The van der Waals surface area contributed by atoms with Crippen LogP contribution in [0, 0.1) is 0 Å². The van der Waals surface area contributed by atoms with Crippen LogP contribution in [0.1, 0.15) is 6.42 Å². The van der Waals surface area contributed by atoms with E-state index in [0.717, 1.165) is 0 Å². The van der Waals surface area contributed by atoms with Crippen LogP contribution < -0.4 is 11.1 Å². The van der Waals surface area contributed by atoms with Gasteiger partial charge in [-0.15, -0.1) is 0 Å². The monoisotopic (exact) mass is 206 g/mol. The van der Waals surface area contributed by atoms with Crippen LogP contribution in [0.2, 0.25) is 0 Å². The van der Waals surface area contributed by atoms with Crippen molar-refractivity contribution >= 4 is 6.09 Å². The fourth-order valence-electron chi connectivity index (χ4n) is 0.775. The number of carbonyl (C=O) groups is 1. The molecule has 4 N–H and O–H groups in total. The van der Waals surface area contributed by atoms with Gasteiger partial charge in [-0.25, -0.2) is 4.79 Å². The molecule has 6 nitrogen and oxygen atoms in total. The Kier molecular flexibility index (Phi) is 9.61. The third-order valence-corrected chi connectivity index (χ3v) is 1.38. The maximum atomic E-state index is 10.0. The number of carboxylic acid groups (broad SMARTS) is 1. The van der Waals surface area contributed by atoms with Crippen molar-refractivity contribution in [3.63, 3.8) is 0 Å². The van der Waals surface area contributed by atoms with E-state index in [1.807, 2.05) is 0 Å². The molecule has 0 unspecified atom stereocenters. The first-order valence-corrected chi connectivity index (χ1v) is 4.59. The SMILES string of the molecule is NCCOCCOCCCNC(=O)O. The van der Waals surface area contributed by atoms with Crippen LogP contribution in [-0.4, -0.2) is 50.7 Å². The minimum atomic E-state index is -1.00. The molecule has 0 aliphatic rings. The molecular weight excluding hydrogens is 188 g/mol. The van der Waals surface area contributed by atoms with E-state index in [-0.39, 0.29) is 0 Å². The van der Waals surface area contributed by atoms with E-state index in [0.29, 0.717) is 45.9 Å². The lowest BCUT2D eigenvalue weighted by atomic mass is 10.4. The van der Waals surface area contributed by atoms with Crippen molar-refractivity contribution in [2.45, 2.75) is 6.42 Å². The first-order chi connectivity index (χ1) is 6.77. The zero-order chi connectivity index (χ0) is 10.6. The maximum absolute atomic E-state index is 10.0. The van der Waals surface area contributed by atoms with Gasteiger partial charge in [0.05, 0.1) is 19.8 Å². The van der Waals surface area contributed by atoms with Crippen molar-refractivity contribution in [1.82, 2.24) is 5.32 Å². The molecule has 0 aromatic carbocycles. The zero-order valence-electron chi connectivity index (χ0n) is 8.20. The Morgan fingerprint density at radius 3 is 2.43 bits per heavy atom. The van der Waals surface area contributed by atoms with Gasteiger partial charge in [0.1, 0.15) is 0 Å². The van der Waals surface area contributed by atoms with Crippen molar-refractivity contribution in [1.29, 1.82) is 0 Å². The Balaban J connectivity index is 2.88. The normalized spacial score (nSPS) is 10.1. The van der Waals surface area contributed by atoms with Crippen molar-refractivity contribution in [3.8, 4) is 0 Å². The highest BCUT2D eigenvalue weighted by Gasteiger charge is 1.93. The van der Waals surface area contributed by atoms with E-state index < -0.39 is 6.09 Å². The zero-order valence-corrected chi connectivity index (χ0v) is 8.20. The summed E-state index contributed by atoms with van der Waals surface area (Å²) >= 11 is 0. The van der Waals surface area contributed by atoms with Gasteiger partial charge in [0.15, 0.2) is 0 Å². The third kappa shape index (κ3) is 11.2. The topological polar surface area (TPSA) is 93.8 Å². The second-order valence-electron chi connectivity index (χ2n) is 2.60. The Labute approximate surface area is 83.4 Å². The molecule has 0 fully saturated rings. The Hall–Kier alpha value is -0.850. The molecule has 0 spiro atoms. The Morgan fingerprint density at radius 1 is 1.21 bits per heavy atom. The lowest BCUT2D eigenvalue weighted by Gasteiger charge is -2.04. The lowest BCUT2D eigenvalue weighted by molar-refractivity contribution is 0.0499. The highest BCUT2D eigenvalue weighted by atomic mass is 16.5. The molecule has 0 bridgehead atoms. The molecule has 0 atom stereocenters. The standard InChI is InChI=1S/C8H18N2O4/c9-2-5-14-7-6-13-4-1-3-10-8(11)12/h10H,1-7,9H2,(H,11,12). The van der Waals surface area contributed by atoms with Crippen LogP contribution in [-0.2, 0) is 9.47 Å². The number of hydrogen-bond donors (Lipinski definition) is 3. The number of amides is 1. The number of nitrogens with two attached hydrogens (primary N) is 1. The summed E-state index contributed by atoms with van der Waals surface area (Å²) in [6.07, 6.45) is -0.334. The van der Waals surface area contributed by atoms with Gasteiger partial charge in [-0.2, -0.15) is 0 Å². The first kappa shape index (κ1) is 13.2. The van der Waals surface area contributed by atoms with Gasteiger partial charge in [0.2, 0.25) is 0 Å². The van der Waals surface area contributed by atoms with E-state index in [4.69, 9.17) is 20.3 Å². The van der Waals surface area contributed by atoms with Gasteiger partial charge >= 0.3 is 6.09 Å². The molecule has 0 aromatic rings. The molecule has 0 heterocycles. The van der Waals surface area contributed by atoms with Gasteiger partial charge < -0.3 is 25.6 Å². The van der Waals surface area contributed by atoms with E-state index in [2.05, 4.69) is 5.32 Å². The third-order valence-electron chi connectivity index (χ3n) is 1.38. The Bertz CT molecular complexity index is 143. The first-order valence-electron chi connectivity index (χ1n) is 4.59. The average Bonchev–Trinajstić information content (AvgIpc) is 2.15. The number of nitrogens with one attached hydrogen (secondary N) is 1. The van der Waals surface area contributed by atoms with Gasteiger partial charge in [0, 0.05) is 19.7 Å². The van der Waals surface area contributed by atoms with Crippen molar-refractivity contribution in [3.05, 3.63) is 0 Å². The summed E-state index contributed by atoms with van der Waals surface area (Å²) in [6, 6.07) is 0. The molecule has 1 amide bonds. The maximum Gasteiger partial charge on any atom is 0.404 e.